The molecule has 3 N–H and O–H groups in total. The number of hydrazine groups is 1. The summed E-state index contributed by atoms with van der Waals surface area (Å²) in [5.41, 5.74) is 4.16. The van der Waals surface area contributed by atoms with Crippen LogP contribution in [0.3, 0.4) is 0 Å². The second-order valence-electron chi connectivity index (χ2n) is 4.22. The molecule has 0 spiro atoms. The number of benzene rings is 1. The van der Waals surface area contributed by atoms with E-state index in [9.17, 15) is 4.39 Å². The minimum atomic E-state index is -0.214. The van der Waals surface area contributed by atoms with Gasteiger partial charge in [0, 0.05) is 7.11 Å². The third-order valence-electron chi connectivity index (χ3n) is 2.98. The molecule has 0 aromatic heterocycles. The molecule has 0 saturated carbocycles. The van der Waals surface area contributed by atoms with Crippen molar-refractivity contribution in [2.75, 3.05) is 7.11 Å². The molecule has 3 nitrogen and oxygen atoms in total. The summed E-state index contributed by atoms with van der Waals surface area (Å²) < 4.78 is 18.9. The van der Waals surface area contributed by atoms with Gasteiger partial charge in [0.05, 0.1) is 12.1 Å². The van der Waals surface area contributed by atoms with Crippen LogP contribution in [0.5, 0.6) is 0 Å². The monoisotopic (exact) mass is 240 g/mol. The molecule has 0 heterocycles. The number of ether oxygens (including phenoxy) is 1. The Bertz CT molecular complexity index is 357. The first-order valence-electron chi connectivity index (χ1n) is 5.89. The van der Waals surface area contributed by atoms with Crippen LogP contribution in [-0.2, 0) is 4.74 Å². The number of rotatable bonds is 6. The first kappa shape index (κ1) is 14.1. The van der Waals surface area contributed by atoms with Gasteiger partial charge in [-0.1, -0.05) is 25.5 Å². The molecule has 1 aromatic carbocycles. The van der Waals surface area contributed by atoms with E-state index < -0.39 is 0 Å². The van der Waals surface area contributed by atoms with Gasteiger partial charge in [0.1, 0.15) is 5.82 Å². The van der Waals surface area contributed by atoms with Crippen LogP contribution in [-0.4, -0.2) is 13.2 Å². The van der Waals surface area contributed by atoms with Gasteiger partial charge in [0.25, 0.3) is 0 Å². The highest BCUT2D eigenvalue weighted by Crippen LogP contribution is 2.23. The second-order valence-corrected chi connectivity index (χ2v) is 4.22. The fourth-order valence-corrected chi connectivity index (χ4v) is 1.93. The van der Waals surface area contributed by atoms with Crippen LogP contribution in [0.2, 0.25) is 0 Å². The Balaban J connectivity index is 2.95. The Labute approximate surface area is 102 Å². The maximum Gasteiger partial charge on any atom is 0.126 e. The lowest BCUT2D eigenvalue weighted by atomic mass is 9.97. The number of aryl methyl sites for hydroxylation is 1. The maximum atomic E-state index is 13.5. The highest BCUT2D eigenvalue weighted by atomic mass is 19.1. The Morgan fingerprint density at radius 3 is 2.65 bits per heavy atom. The lowest BCUT2D eigenvalue weighted by Crippen LogP contribution is -2.37. The fraction of sp³-hybridized carbons (Fsp3) is 0.538. The van der Waals surface area contributed by atoms with E-state index in [2.05, 4.69) is 12.3 Å². The number of methoxy groups -OCH3 is 1. The van der Waals surface area contributed by atoms with E-state index in [4.69, 9.17) is 10.6 Å². The molecule has 2 atom stereocenters. The molecule has 0 amide bonds. The molecule has 0 aliphatic carbocycles. The van der Waals surface area contributed by atoms with Crippen molar-refractivity contribution >= 4 is 0 Å². The summed E-state index contributed by atoms with van der Waals surface area (Å²) in [5.74, 6) is 5.33. The molecule has 1 aromatic rings. The zero-order valence-electron chi connectivity index (χ0n) is 10.7. The van der Waals surface area contributed by atoms with Gasteiger partial charge >= 0.3 is 0 Å². The Kier molecular flexibility index (Phi) is 5.55. The minimum Gasteiger partial charge on any atom is -0.379 e. The zero-order chi connectivity index (χ0) is 12.8. The zero-order valence-corrected chi connectivity index (χ0v) is 10.7. The molecule has 0 radical (unpaired) electrons. The molecule has 1 rings (SSSR count). The van der Waals surface area contributed by atoms with Gasteiger partial charge in [-0.05, 0) is 30.5 Å². The quantitative estimate of drug-likeness (QED) is 0.593. The maximum absolute atomic E-state index is 13.5. The summed E-state index contributed by atoms with van der Waals surface area (Å²) in [6, 6.07) is 4.97. The van der Waals surface area contributed by atoms with Gasteiger partial charge in [-0.25, -0.2) is 4.39 Å². The topological polar surface area (TPSA) is 47.3 Å². The van der Waals surface area contributed by atoms with Gasteiger partial charge < -0.3 is 4.74 Å². The van der Waals surface area contributed by atoms with Gasteiger partial charge in [-0.3, -0.25) is 11.3 Å². The predicted molar refractivity (Wildman–Crippen MR) is 66.9 cm³/mol. The van der Waals surface area contributed by atoms with E-state index in [1.54, 1.807) is 20.1 Å². The third kappa shape index (κ3) is 3.49. The van der Waals surface area contributed by atoms with E-state index in [1.807, 2.05) is 6.07 Å². The van der Waals surface area contributed by atoms with Crippen molar-refractivity contribution in [1.29, 1.82) is 0 Å². The third-order valence-corrected chi connectivity index (χ3v) is 2.98. The van der Waals surface area contributed by atoms with Gasteiger partial charge in [-0.15, -0.1) is 0 Å². The summed E-state index contributed by atoms with van der Waals surface area (Å²) in [6.45, 7) is 3.82. The van der Waals surface area contributed by atoms with Crippen molar-refractivity contribution in [3.63, 3.8) is 0 Å². The van der Waals surface area contributed by atoms with Crippen molar-refractivity contribution in [2.24, 2.45) is 5.84 Å². The van der Waals surface area contributed by atoms with Crippen LogP contribution in [0.25, 0.3) is 0 Å². The molecular formula is C13H21FN2O. The van der Waals surface area contributed by atoms with Crippen LogP contribution in [0.15, 0.2) is 18.2 Å². The smallest absolute Gasteiger partial charge is 0.126 e. The van der Waals surface area contributed by atoms with Gasteiger partial charge in [-0.2, -0.15) is 0 Å². The number of hydrogen-bond acceptors (Lipinski definition) is 3. The van der Waals surface area contributed by atoms with E-state index in [0.717, 1.165) is 18.4 Å². The van der Waals surface area contributed by atoms with Crippen LogP contribution in [0.1, 0.15) is 36.9 Å². The summed E-state index contributed by atoms with van der Waals surface area (Å²) in [4.78, 5) is 0. The molecule has 2 unspecified atom stereocenters. The molecular weight excluding hydrogens is 219 g/mol. The predicted octanol–water partition coefficient (Wildman–Crippen LogP) is 2.45. The Morgan fingerprint density at radius 2 is 2.18 bits per heavy atom. The molecule has 0 aliphatic heterocycles. The van der Waals surface area contributed by atoms with E-state index in [-0.39, 0.29) is 18.0 Å². The molecule has 0 fully saturated rings. The van der Waals surface area contributed by atoms with E-state index >= 15 is 0 Å². The fourth-order valence-electron chi connectivity index (χ4n) is 1.93. The number of hydrogen-bond donors (Lipinski definition) is 2. The standard InChI is InChI=1S/C13H21FN2O/c1-4-5-12(17-3)13(16-15)10-7-6-9(2)11(14)8-10/h6-8,12-13,16H,4-5,15H2,1-3H3. The summed E-state index contributed by atoms with van der Waals surface area (Å²) in [5, 5.41) is 0. The molecule has 17 heavy (non-hydrogen) atoms. The number of nitrogens with one attached hydrogen (secondary N) is 1. The van der Waals surface area contributed by atoms with Crippen molar-refractivity contribution in [1.82, 2.24) is 5.43 Å². The second kappa shape index (κ2) is 6.69. The Hall–Kier alpha value is -0.970. The van der Waals surface area contributed by atoms with E-state index in [1.165, 1.54) is 6.07 Å². The van der Waals surface area contributed by atoms with Gasteiger partial charge in [0.2, 0.25) is 0 Å². The van der Waals surface area contributed by atoms with Crippen molar-refractivity contribution < 1.29 is 9.13 Å². The molecule has 96 valence electrons. The SMILES string of the molecule is CCCC(OC)C(NN)c1ccc(C)c(F)c1. The van der Waals surface area contributed by atoms with Crippen molar-refractivity contribution in [2.45, 2.75) is 38.8 Å². The van der Waals surface area contributed by atoms with Crippen LogP contribution < -0.4 is 11.3 Å². The normalized spacial score (nSPS) is 14.6. The Morgan fingerprint density at radius 1 is 1.47 bits per heavy atom. The minimum absolute atomic E-state index is 0.0490. The van der Waals surface area contributed by atoms with E-state index in [0.29, 0.717) is 5.56 Å². The molecule has 0 bridgehead atoms. The lowest BCUT2D eigenvalue weighted by Gasteiger charge is -2.25. The summed E-state index contributed by atoms with van der Waals surface area (Å²) >= 11 is 0. The number of halogens is 1. The van der Waals surface area contributed by atoms with Crippen molar-refractivity contribution in [3.8, 4) is 0 Å². The van der Waals surface area contributed by atoms with Gasteiger partial charge in [0.15, 0.2) is 0 Å². The largest absolute Gasteiger partial charge is 0.379 e. The summed E-state index contributed by atoms with van der Waals surface area (Å²) in [7, 11) is 1.65. The molecule has 0 aliphatic rings. The average molecular weight is 240 g/mol. The van der Waals surface area contributed by atoms with Crippen molar-refractivity contribution in [3.05, 3.63) is 35.1 Å². The molecule has 4 heteroatoms. The number of nitrogens with two attached hydrogens (primary N) is 1. The molecule has 0 saturated heterocycles. The van der Waals surface area contributed by atoms with Crippen LogP contribution >= 0.6 is 0 Å². The summed E-state index contributed by atoms with van der Waals surface area (Å²) in [6.07, 6.45) is 1.82. The average Bonchev–Trinajstić information content (AvgIpc) is 2.33. The highest BCUT2D eigenvalue weighted by molar-refractivity contribution is 5.26. The lowest BCUT2D eigenvalue weighted by molar-refractivity contribution is 0.0605. The van der Waals surface area contributed by atoms with Crippen LogP contribution in [0, 0.1) is 12.7 Å². The first-order chi connectivity index (χ1) is 8.13. The van der Waals surface area contributed by atoms with Crippen LogP contribution in [0.4, 0.5) is 4.39 Å². The highest BCUT2D eigenvalue weighted by Gasteiger charge is 2.21. The first-order valence-corrected chi connectivity index (χ1v) is 5.89.